The second-order valence-corrected chi connectivity index (χ2v) is 5.19. The number of hydrogen-bond acceptors (Lipinski definition) is 7. The van der Waals surface area contributed by atoms with E-state index in [1.807, 2.05) is 12.3 Å². The van der Waals surface area contributed by atoms with Gasteiger partial charge in [0.2, 0.25) is 5.95 Å². The Morgan fingerprint density at radius 2 is 1.95 bits per heavy atom. The van der Waals surface area contributed by atoms with E-state index in [-0.39, 0.29) is 12.1 Å². The lowest BCUT2D eigenvalue weighted by Gasteiger charge is -2.37. The molecule has 0 N–H and O–H groups in total. The van der Waals surface area contributed by atoms with Gasteiger partial charge in [0.05, 0.1) is 24.9 Å². The molecule has 7 heteroatoms. The van der Waals surface area contributed by atoms with Crippen LogP contribution in [0, 0.1) is 0 Å². The van der Waals surface area contributed by atoms with Crippen LogP contribution in [0.2, 0.25) is 0 Å². The molecule has 0 bridgehead atoms. The molecule has 2 aliphatic rings. The molecule has 0 unspecified atom stereocenters. The van der Waals surface area contributed by atoms with Crippen LogP contribution in [0.25, 0.3) is 0 Å². The number of anilines is 2. The first-order chi connectivity index (χ1) is 10.4. The maximum Gasteiger partial charge on any atom is 0.225 e. The van der Waals surface area contributed by atoms with E-state index in [1.54, 1.807) is 24.8 Å². The minimum atomic E-state index is 0.157. The van der Waals surface area contributed by atoms with Gasteiger partial charge in [-0.25, -0.2) is 15.0 Å². The average molecular weight is 284 g/mol. The largest absolute Gasteiger partial charge is 0.372 e. The molecule has 0 aliphatic carbocycles. The Balaban J connectivity index is 1.58. The van der Waals surface area contributed by atoms with Gasteiger partial charge >= 0.3 is 0 Å². The lowest BCUT2D eigenvalue weighted by Crippen LogP contribution is -2.51. The maximum absolute atomic E-state index is 5.92. The predicted molar refractivity (Wildman–Crippen MR) is 77.2 cm³/mol. The van der Waals surface area contributed by atoms with Gasteiger partial charge in [0.25, 0.3) is 0 Å². The highest BCUT2D eigenvalue weighted by molar-refractivity contribution is 5.43. The molecule has 2 aromatic rings. The highest BCUT2D eigenvalue weighted by atomic mass is 16.5. The molecular formula is C14H16N6O. The molecule has 4 rings (SSSR count). The highest BCUT2D eigenvalue weighted by Crippen LogP contribution is 2.27. The van der Waals surface area contributed by atoms with E-state index in [2.05, 4.69) is 29.7 Å². The molecule has 0 amide bonds. The van der Waals surface area contributed by atoms with Crippen LogP contribution in [0.5, 0.6) is 0 Å². The van der Waals surface area contributed by atoms with Gasteiger partial charge < -0.3 is 14.5 Å². The van der Waals surface area contributed by atoms with Gasteiger partial charge in [0.15, 0.2) is 0 Å². The second-order valence-electron chi connectivity index (χ2n) is 5.19. The van der Waals surface area contributed by atoms with Crippen LogP contribution < -0.4 is 9.80 Å². The van der Waals surface area contributed by atoms with Gasteiger partial charge in [0, 0.05) is 44.4 Å². The molecule has 108 valence electrons. The van der Waals surface area contributed by atoms with Crippen molar-refractivity contribution in [2.75, 3.05) is 36.0 Å². The summed E-state index contributed by atoms with van der Waals surface area (Å²) in [6.07, 6.45) is 8.93. The number of ether oxygens (including phenoxy) is 1. The summed E-state index contributed by atoms with van der Waals surface area (Å²) in [6, 6.07) is 2.09. The Kier molecular flexibility index (Phi) is 3.11. The first-order valence-electron chi connectivity index (χ1n) is 7.08. The van der Waals surface area contributed by atoms with Gasteiger partial charge in [-0.3, -0.25) is 4.98 Å². The third kappa shape index (κ3) is 2.29. The van der Waals surface area contributed by atoms with Gasteiger partial charge in [-0.2, -0.15) is 0 Å². The topological polar surface area (TPSA) is 67.3 Å². The number of fused-ring (bicyclic) bond motifs is 1. The molecule has 2 saturated heterocycles. The Morgan fingerprint density at radius 3 is 2.76 bits per heavy atom. The highest BCUT2D eigenvalue weighted by Gasteiger charge is 2.41. The van der Waals surface area contributed by atoms with E-state index in [0.717, 1.165) is 31.4 Å². The molecule has 0 saturated carbocycles. The van der Waals surface area contributed by atoms with E-state index < -0.39 is 0 Å². The Bertz CT molecular complexity index is 595. The fraction of sp³-hybridized carbons (Fsp3) is 0.429. The average Bonchev–Trinajstić information content (AvgIpc) is 3.00. The number of rotatable bonds is 2. The van der Waals surface area contributed by atoms with E-state index >= 15 is 0 Å². The summed E-state index contributed by atoms with van der Waals surface area (Å²) in [7, 11) is 0. The van der Waals surface area contributed by atoms with Crippen molar-refractivity contribution in [3.05, 3.63) is 37.1 Å². The lowest BCUT2D eigenvalue weighted by molar-refractivity contribution is 0.0352. The maximum atomic E-state index is 5.92. The van der Waals surface area contributed by atoms with Crippen molar-refractivity contribution in [2.45, 2.75) is 12.1 Å². The Labute approximate surface area is 122 Å². The zero-order valence-corrected chi connectivity index (χ0v) is 11.5. The van der Waals surface area contributed by atoms with Gasteiger partial charge in [0.1, 0.15) is 5.82 Å². The van der Waals surface area contributed by atoms with Crippen LogP contribution in [0.15, 0.2) is 37.1 Å². The van der Waals surface area contributed by atoms with E-state index in [4.69, 9.17) is 4.74 Å². The van der Waals surface area contributed by atoms with Gasteiger partial charge in [-0.1, -0.05) is 0 Å². The first-order valence-corrected chi connectivity index (χ1v) is 7.08. The summed E-state index contributed by atoms with van der Waals surface area (Å²) >= 11 is 0. The molecule has 7 nitrogen and oxygen atoms in total. The van der Waals surface area contributed by atoms with Crippen molar-refractivity contribution in [1.29, 1.82) is 0 Å². The monoisotopic (exact) mass is 284 g/mol. The Morgan fingerprint density at radius 1 is 1.05 bits per heavy atom. The SMILES string of the molecule is c1cnc(N2C[C@@H]3OCCN(c4cnccn4)[C@@H]3C2)nc1. The third-order valence-corrected chi connectivity index (χ3v) is 3.98. The Hall–Kier alpha value is -2.28. The quantitative estimate of drug-likeness (QED) is 0.788. The van der Waals surface area contributed by atoms with Crippen molar-refractivity contribution in [1.82, 2.24) is 19.9 Å². The zero-order valence-electron chi connectivity index (χ0n) is 11.5. The molecule has 4 heterocycles. The van der Waals surface area contributed by atoms with Crippen LogP contribution in [0.3, 0.4) is 0 Å². The standard InChI is InChI=1S/C14H16N6O/c1-2-17-14(18-3-1)19-9-11-12(10-19)21-7-6-20(11)13-8-15-4-5-16-13/h1-5,8,11-12H,6-7,9-10H2/t11-,12+/m1/s1. The number of morpholine rings is 1. The second kappa shape index (κ2) is 5.25. The van der Waals surface area contributed by atoms with Crippen LogP contribution in [-0.2, 0) is 4.74 Å². The molecule has 0 radical (unpaired) electrons. The summed E-state index contributed by atoms with van der Waals surface area (Å²) in [6.45, 7) is 3.20. The summed E-state index contributed by atoms with van der Waals surface area (Å²) in [4.78, 5) is 21.7. The van der Waals surface area contributed by atoms with Gasteiger partial charge in [-0.05, 0) is 6.07 Å². The van der Waals surface area contributed by atoms with Gasteiger partial charge in [-0.15, -0.1) is 0 Å². The van der Waals surface area contributed by atoms with Crippen molar-refractivity contribution in [2.24, 2.45) is 0 Å². The molecule has 2 aliphatic heterocycles. The zero-order chi connectivity index (χ0) is 14.1. The first kappa shape index (κ1) is 12.5. The normalized spacial score (nSPS) is 25.0. The van der Waals surface area contributed by atoms with Crippen LogP contribution >= 0.6 is 0 Å². The summed E-state index contributed by atoms with van der Waals surface area (Å²) in [5, 5.41) is 0. The molecule has 21 heavy (non-hydrogen) atoms. The summed E-state index contributed by atoms with van der Waals surface area (Å²) < 4.78 is 5.92. The molecule has 2 atom stereocenters. The number of hydrogen-bond donors (Lipinski definition) is 0. The summed E-state index contributed by atoms with van der Waals surface area (Å²) in [5.74, 6) is 1.67. The lowest BCUT2D eigenvalue weighted by atomic mass is 10.1. The molecular weight excluding hydrogens is 268 g/mol. The fourth-order valence-electron chi connectivity index (χ4n) is 3.03. The van der Waals surface area contributed by atoms with Crippen LogP contribution in [0.4, 0.5) is 11.8 Å². The van der Waals surface area contributed by atoms with Crippen molar-refractivity contribution in [3.63, 3.8) is 0 Å². The number of nitrogens with zero attached hydrogens (tertiary/aromatic N) is 6. The van der Waals surface area contributed by atoms with Crippen molar-refractivity contribution >= 4 is 11.8 Å². The molecule has 2 fully saturated rings. The third-order valence-electron chi connectivity index (χ3n) is 3.98. The fourth-order valence-corrected chi connectivity index (χ4v) is 3.03. The molecule has 0 spiro atoms. The summed E-state index contributed by atoms with van der Waals surface area (Å²) in [5.41, 5.74) is 0. The number of aromatic nitrogens is 4. The van der Waals surface area contributed by atoms with Crippen molar-refractivity contribution < 1.29 is 4.74 Å². The minimum Gasteiger partial charge on any atom is -0.372 e. The molecule has 2 aromatic heterocycles. The predicted octanol–water partition coefficient (Wildman–Crippen LogP) is 0.361. The van der Waals surface area contributed by atoms with E-state index in [1.165, 1.54) is 0 Å². The van der Waals surface area contributed by atoms with Crippen LogP contribution in [-0.4, -0.2) is 58.3 Å². The molecule has 0 aromatic carbocycles. The minimum absolute atomic E-state index is 0.157. The van der Waals surface area contributed by atoms with E-state index in [0.29, 0.717) is 6.61 Å². The smallest absolute Gasteiger partial charge is 0.225 e. The van der Waals surface area contributed by atoms with Crippen molar-refractivity contribution in [3.8, 4) is 0 Å². The van der Waals surface area contributed by atoms with E-state index in [9.17, 15) is 0 Å². The van der Waals surface area contributed by atoms with Crippen LogP contribution in [0.1, 0.15) is 0 Å².